The van der Waals surface area contributed by atoms with E-state index in [1.54, 1.807) is 6.20 Å². The van der Waals surface area contributed by atoms with E-state index < -0.39 is 0 Å². The fourth-order valence-electron chi connectivity index (χ4n) is 2.58. The second kappa shape index (κ2) is 7.51. The lowest BCUT2D eigenvalue weighted by molar-refractivity contribution is 0.244. The van der Waals surface area contributed by atoms with Gasteiger partial charge in [0.25, 0.3) is 0 Å². The summed E-state index contributed by atoms with van der Waals surface area (Å²) < 4.78 is 0. The van der Waals surface area contributed by atoms with Crippen LogP contribution < -0.4 is 5.73 Å². The van der Waals surface area contributed by atoms with Gasteiger partial charge in [0.15, 0.2) is 0 Å². The van der Waals surface area contributed by atoms with E-state index >= 15 is 0 Å². The topological polar surface area (TPSA) is 55.0 Å². The second-order valence-corrected chi connectivity index (χ2v) is 5.52. The Balaban J connectivity index is 1.77. The first-order chi connectivity index (χ1) is 11.3. The van der Waals surface area contributed by atoms with Crippen LogP contribution in [0.3, 0.4) is 0 Å². The molecular weight excluding hydrogens is 284 g/mol. The molecule has 4 heteroatoms. The average Bonchev–Trinajstić information content (AvgIpc) is 2.57. The Bertz CT molecular complexity index is 687. The van der Waals surface area contributed by atoms with Crippen LogP contribution in [0.5, 0.6) is 0 Å². The molecule has 0 fully saturated rings. The molecular formula is C19H20N4. The zero-order valence-corrected chi connectivity index (χ0v) is 13.0. The number of aromatic nitrogens is 2. The van der Waals surface area contributed by atoms with Gasteiger partial charge >= 0.3 is 0 Å². The molecule has 0 amide bonds. The smallest absolute Gasteiger partial charge is 0.220 e. The van der Waals surface area contributed by atoms with Gasteiger partial charge < -0.3 is 5.73 Å². The first-order valence-electron chi connectivity index (χ1n) is 7.67. The Hall–Kier alpha value is -2.72. The molecule has 1 heterocycles. The van der Waals surface area contributed by atoms with Crippen molar-refractivity contribution in [2.75, 3.05) is 5.73 Å². The largest absolute Gasteiger partial charge is 0.368 e. The predicted octanol–water partition coefficient (Wildman–Crippen LogP) is 3.26. The number of nitrogens with zero attached hydrogens (tertiary/aromatic N) is 3. The summed E-state index contributed by atoms with van der Waals surface area (Å²) in [5, 5.41) is 0. The summed E-state index contributed by atoms with van der Waals surface area (Å²) in [6.45, 7) is 2.45. The van der Waals surface area contributed by atoms with E-state index in [9.17, 15) is 0 Å². The first kappa shape index (κ1) is 15.2. The second-order valence-electron chi connectivity index (χ2n) is 5.52. The fraction of sp³-hybridized carbons (Fsp3) is 0.158. The molecule has 0 spiro atoms. The predicted molar refractivity (Wildman–Crippen MR) is 92.3 cm³/mol. The molecule has 0 saturated heterocycles. The quantitative estimate of drug-likeness (QED) is 0.759. The zero-order valence-electron chi connectivity index (χ0n) is 13.0. The Morgan fingerprint density at radius 2 is 1.30 bits per heavy atom. The fourth-order valence-corrected chi connectivity index (χ4v) is 2.58. The maximum Gasteiger partial charge on any atom is 0.220 e. The lowest BCUT2D eigenvalue weighted by atomic mass is 10.1. The van der Waals surface area contributed by atoms with E-state index in [0.717, 1.165) is 25.3 Å². The Labute approximate surface area is 136 Å². The monoisotopic (exact) mass is 304 g/mol. The van der Waals surface area contributed by atoms with E-state index in [1.807, 2.05) is 18.2 Å². The molecule has 2 N–H and O–H groups in total. The summed E-state index contributed by atoms with van der Waals surface area (Å²) in [5.41, 5.74) is 9.20. The van der Waals surface area contributed by atoms with Crippen molar-refractivity contribution in [3.05, 3.63) is 89.7 Å². The van der Waals surface area contributed by atoms with Crippen LogP contribution in [0.4, 0.5) is 5.95 Å². The maximum atomic E-state index is 5.70. The molecule has 3 rings (SSSR count). The van der Waals surface area contributed by atoms with E-state index in [0.29, 0.717) is 5.95 Å². The van der Waals surface area contributed by atoms with Gasteiger partial charge in [0.1, 0.15) is 0 Å². The zero-order chi connectivity index (χ0) is 15.9. The van der Waals surface area contributed by atoms with Gasteiger partial charge in [-0.1, -0.05) is 60.7 Å². The van der Waals surface area contributed by atoms with E-state index in [2.05, 4.69) is 63.4 Å². The molecule has 0 unspecified atom stereocenters. The molecule has 0 atom stereocenters. The van der Waals surface area contributed by atoms with Crippen LogP contribution in [0.25, 0.3) is 0 Å². The van der Waals surface area contributed by atoms with Gasteiger partial charge in [-0.05, 0) is 17.2 Å². The van der Waals surface area contributed by atoms with Crippen LogP contribution in [0, 0.1) is 0 Å². The minimum Gasteiger partial charge on any atom is -0.368 e. The van der Waals surface area contributed by atoms with Crippen molar-refractivity contribution in [1.29, 1.82) is 0 Å². The summed E-state index contributed by atoms with van der Waals surface area (Å²) in [6.07, 6.45) is 1.71. The highest BCUT2D eigenvalue weighted by Gasteiger charge is 2.09. The lowest BCUT2D eigenvalue weighted by Gasteiger charge is -2.22. The standard InChI is InChI=1S/C19H20N4/c20-19-21-12-11-18(22-19)15-23(13-16-7-3-1-4-8-16)14-17-9-5-2-6-10-17/h1-12H,13-15H2,(H2,20,21,22). The van der Waals surface area contributed by atoms with Gasteiger partial charge in [-0.2, -0.15) is 0 Å². The number of nitrogens with two attached hydrogens (primary N) is 1. The normalized spacial score (nSPS) is 10.8. The van der Waals surface area contributed by atoms with Crippen LogP contribution in [-0.4, -0.2) is 14.9 Å². The average molecular weight is 304 g/mol. The lowest BCUT2D eigenvalue weighted by Crippen LogP contribution is -2.23. The van der Waals surface area contributed by atoms with Gasteiger partial charge in [-0.15, -0.1) is 0 Å². The maximum absolute atomic E-state index is 5.70. The molecule has 0 radical (unpaired) electrons. The number of nitrogen functional groups attached to an aromatic ring is 1. The van der Waals surface area contributed by atoms with Crippen molar-refractivity contribution >= 4 is 5.95 Å². The van der Waals surface area contributed by atoms with Crippen molar-refractivity contribution in [3.63, 3.8) is 0 Å². The summed E-state index contributed by atoms with van der Waals surface area (Å²) >= 11 is 0. The molecule has 0 aliphatic heterocycles. The van der Waals surface area contributed by atoms with Crippen molar-refractivity contribution in [3.8, 4) is 0 Å². The van der Waals surface area contributed by atoms with Crippen molar-refractivity contribution in [2.24, 2.45) is 0 Å². The van der Waals surface area contributed by atoms with Crippen LogP contribution in [-0.2, 0) is 19.6 Å². The summed E-state index contributed by atoms with van der Waals surface area (Å²) in [7, 11) is 0. The van der Waals surface area contributed by atoms with Crippen LogP contribution >= 0.6 is 0 Å². The molecule has 3 aromatic rings. The number of benzene rings is 2. The van der Waals surface area contributed by atoms with Gasteiger partial charge in [-0.3, -0.25) is 4.90 Å². The molecule has 0 saturated carbocycles. The third-order valence-corrected chi connectivity index (χ3v) is 3.62. The molecule has 0 aliphatic carbocycles. The van der Waals surface area contributed by atoms with Crippen LogP contribution in [0.1, 0.15) is 16.8 Å². The molecule has 116 valence electrons. The van der Waals surface area contributed by atoms with E-state index in [-0.39, 0.29) is 0 Å². The van der Waals surface area contributed by atoms with Crippen molar-refractivity contribution in [2.45, 2.75) is 19.6 Å². The van der Waals surface area contributed by atoms with Crippen LogP contribution in [0.15, 0.2) is 72.9 Å². The number of rotatable bonds is 6. The van der Waals surface area contributed by atoms with Crippen molar-refractivity contribution in [1.82, 2.24) is 14.9 Å². The van der Waals surface area contributed by atoms with Crippen LogP contribution in [0.2, 0.25) is 0 Å². The molecule has 2 aromatic carbocycles. The Kier molecular flexibility index (Phi) is 4.96. The highest BCUT2D eigenvalue weighted by atomic mass is 15.1. The summed E-state index contributed by atoms with van der Waals surface area (Å²) in [4.78, 5) is 10.6. The third kappa shape index (κ3) is 4.63. The van der Waals surface area contributed by atoms with Gasteiger partial charge in [0.05, 0.1) is 5.69 Å². The van der Waals surface area contributed by atoms with E-state index in [1.165, 1.54) is 11.1 Å². The summed E-state index contributed by atoms with van der Waals surface area (Å²) in [6, 6.07) is 22.8. The third-order valence-electron chi connectivity index (χ3n) is 3.62. The minimum atomic E-state index is 0.321. The first-order valence-corrected chi connectivity index (χ1v) is 7.67. The Morgan fingerprint density at radius 1 is 0.739 bits per heavy atom. The highest BCUT2D eigenvalue weighted by Crippen LogP contribution is 2.13. The van der Waals surface area contributed by atoms with Gasteiger partial charge in [0, 0.05) is 25.8 Å². The molecule has 0 bridgehead atoms. The molecule has 23 heavy (non-hydrogen) atoms. The molecule has 0 aliphatic rings. The Morgan fingerprint density at radius 3 is 1.83 bits per heavy atom. The molecule has 1 aromatic heterocycles. The highest BCUT2D eigenvalue weighted by molar-refractivity contribution is 5.19. The van der Waals surface area contributed by atoms with Gasteiger partial charge in [-0.25, -0.2) is 9.97 Å². The molecule has 4 nitrogen and oxygen atoms in total. The minimum absolute atomic E-state index is 0.321. The SMILES string of the molecule is Nc1nccc(CN(Cc2ccccc2)Cc2ccccc2)n1. The number of anilines is 1. The summed E-state index contributed by atoms with van der Waals surface area (Å²) in [5.74, 6) is 0.321. The number of hydrogen-bond donors (Lipinski definition) is 1. The number of hydrogen-bond acceptors (Lipinski definition) is 4. The van der Waals surface area contributed by atoms with Gasteiger partial charge in [0.2, 0.25) is 5.95 Å². The van der Waals surface area contributed by atoms with Crippen molar-refractivity contribution < 1.29 is 0 Å². The van der Waals surface area contributed by atoms with E-state index in [4.69, 9.17) is 5.73 Å².